The summed E-state index contributed by atoms with van der Waals surface area (Å²) in [5, 5.41) is 10.0. The van der Waals surface area contributed by atoms with E-state index in [4.69, 9.17) is 14.8 Å². The number of fused-ring (bicyclic) bond motifs is 1. The Hall–Kier alpha value is -3.19. The first-order valence-corrected chi connectivity index (χ1v) is 12.0. The minimum Gasteiger partial charge on any atom is -0.482 e. The second-order valence-corrected chi connectivity index (χ2v) is 8.94. The summed E-state index contributed by atoms with van der Waals surface area (Å²) in [6, 6.07) is 16.3. The Balaban J connectivity index is 1.50. The van der Waals surface area contributed by atoms with Crippen molar-refractivity contribution in [2.24, 2.45) is 10.1 Å². The van der Waals surface area contributed by atoms with Crippen LogP contribution in [0.1, 0.15) is 37.7 Å². The highest BCUT2D eigenvalue weighted by Crippen LogP contribution is 2.33. The first kappa shape index (κ1) is 20.7. The number of benzene rings is 2. The molecule has 0 atom stereocenters. The first-order valence-electron chi connectivity index (χ1n) is 11.1. The van der Waals surface area contributed by atoms with E-state index in [-0.39, 0.29) is 12.5 Å². The zero-order valence-corrected chi connectivity index (χ0v) is 18.7. The van der Waals surface area contributed by atoms with Crippen molar-refractivity contribution in [3.8, 4) is 17.0 Å². The summed E-state index contributed by atoms with van der Waals surface area (Å²) in [6.45, 7) is 0.770. The van der Waals surface area contributed by atoms with Gasteiger partial charge in [0.25, 0.3) is 5.91 Å². The molecular formula is C25H26N4O2S. The summed E-state index contributed by atoms with van der Waals surface area (Å²) < 4.78 is 7.51. The van der Waals surface area contributed by atoms with Gasteiger partial charge < -0.3 is 10.1 Å². The van der Waals surface area contributed by atoms with E-state index in [1.165, 1.54) is 30.5 Å². The second kappa shape index (κ2) is 9.53. The number of nitrogens with zero attached hydrogens (tertiary/aromatic N) is 3. The Morgan fingerprint density at radius 1 is 1.06 bits per heavy atom. The summed E-state index contributed by atoms with van der Waals surface area (Å²) in [6.07, 6.45) is 6.65. The second-order valence-electron chi connectivity index (χ2n) is 8.11. The number of anilines is 1. The predicted octanol–water partition coefficient (Wildman–Crippen LogP) is 4.86. The van der Waals surface area contributed by atoms with E-state index in [1.54, 1.807) is 11.3 Å². The Bertz CT molecular complexity index is 1200. The quantitative estimate of drug-likeness (QED) is 0.608. The Morgan fingerprint density at radius 3 is 2.75 bits per heavy atom. The monoisotopic (exact) mass is 446 g/mol. The van der Waals surface area contributed by atoms with Crippen LogP contribution in [0.5, 0.6) is 5.75 Å². The standard InChI is InChI=1S/C25H26N4O2S/c30-24-16-31-23-12-11-19(15-21(23)27-24)22-17-32-25(26-14-13-18-7-3-1-4-8-18)29(22)28-20-9-5-2-6-10-20/h1,3-4,7-8,11-12,15,17H,2,5-6,9-10,13-14,16H2,(H,27,30). The van der Waals surface area contributed by atoms with Crippen LogP contribution in [-0.2, 0) is 11.2 Å². The van der Waals surface area contributed by atoms with E-state index in [2.05, 4.69) is 35.0 Å². The van der Waals surface area contributed by atoms with Gasteiger partial charge in [0.15, 0.2) is 6.61 Å². The first-order chi connectivity index (χ1) is 15.8. The summed E-state index contributed by atoms with van der Waals surface area (Å²) in [5.41, 5.74) is 5.17. The molecule has 0 bridgehead atoms. The fraction of sp³-hybridized carbons (Fsp3) is 0.320. The molecule has 1 N–H and O–H groups in total. The molecule has 1 aliphatic heterocycles. The molecule has 1 aliphatic carbocycles. The van der Waals surface area contributed by atoms with Crippen molar-refractivity contribution < 1.29 is 9.53 Å². The van der Waals surface area contributed by atoms with E-state index < -0.39 is 0 Å². The van der Waals surface area contributed by atoms with E-state index in [1.807, 2.05) is 28.9 Å². The molecule has 2 aliphatic rings. The van der Waals surface area contributed by atoms with E-state index >= 15 is 0 Å². The zero-order valence-electron chi connectivity index (χ0n) is 17.9. The Morgan fingerprint density at radius 2 is 1.91 bits per heavy atom. The summed E-state index contributed by atoms with van der Waals surface area (Å²) >= 11 is 1.60. The van der Waals surface area contributed by atoms with Crippen LogP contribution in [0.3, 0.4) is 0 Å². The van der Waals surface area contributed by atoms with Crippen molar-refractivity contribution in [2.45, 2.75) is 38.5 Å². The van der Waals surface area contributed by atoms with E-state index in [0.717, 1.165) is 35.3 Å². The van der Waals surface area contributed by atoms with Crippen molar-refractivity contribution in [1.82, 2.24) is 4.68 Å². The molecule has 5 rings (SSSR count). The number of amides is 1. The van der Waals surface area contributed by atoms with E-state index in [9.17, 15) is 4.79 Å². The van der Waals surface area contributed by atoms with Crippen molar-refractivity contribution in [1.29, 1.82) is 0 Å². The molecule has 1 amide bonds. The number of nitrogens with one attached hydrogen (secondary N) is 1. The third-order valence-electron chi connectivity index (χ3n) is 5.76. The lowest BCUT2D eigenvalue weighted by Crippen LogP contribution is -2.25. The molecule has 1 aromatic heterocycles. The molecule has 164 valence electrons. The highest BCUT2D eigenvalue weighted by molar-refractivity contribution is 7.07. The fourth-order valence-corrected chi connectivity index (χ4v) is 4.93. The molecule has 3 aromatic rings. The number of hydrogen-bond acceptors (Lipinski definition) is 5. The van der Waals surface area contributed by atoms with E-state index in [0.29, 0.717) is 18.0 Å². The van der Waals surface area contributed by atoms with Crippen molar-refractivity contribution in [3.05, 3.63) is 64.3 Å². The van der Waals surface area contributed by atoms with Gasteiger partial charge in [-0.25, -0.2) is 4.68 Å². The third-order valence-corrected chi connectivity index (χ3v) is 6.61. The summed E-state index contributed by atoms with van der Waals surface area (Å²) in [5.74, 6) is 0.563. The number of aromatic nitrogens is 1. The maximum Gasteiger partial charge on any atom is 0.262 e. The topological polar surface area (TPSA) is 68.0 Å². The highest BCUT2D eigenvalue weighted by Gasteiger charge is 2.18. The summed E-state index contributed by atoms with van der Waals surface area (Å²) in [4.78, 5) is 17.6. The van der Waals surface area contributed by atoms with Gasteiger partial charge in [-0.1, -0.05) is 36.8 Å². The van der Waals surface area contributed by atoms with Gasteiger partial charge in [0.1, 0.15) is 5.75 Å². The average molecular weight is 447 g/mol. The van der Waals surface area contributed by atoms with Crippen molar-refractivity contribution in [2.75, 3.05) is 18.5 Å². The molecule has 1 saturated carbocycles. The van der Waals surface area contributed by atoms with Crippen LogP contribution < -0.4 is 14.9 Å². The molecule has 32 heavy (non-hydrogen) atoms. The molecular weight excluding hydrogens is 420 g/mol. The molecule has 0 spiro atoms. The predicted molar refractivity (Wildman–Crippen MR) is 128 cm³/mol. The Labute approximate surface area is 191 Å². The van der Waals surface area contributed by atoms with Gasteiger partial charge in [0, 0.05) is 23.2 Å². The maximum atomic E-state index is 11.8. The zero-order chi connectivity index (χ0) is 21.8. The minimum atomic E-state index is -0.133. The molecule has 6 nitrogen and oxygen atoms in total. The molecule has 0 saturated heterocycles. The smallest absolute Gasteiger partial charge is 0.262 e. The normalized spacial score (nSPS) is 16.3. The van der Waals surface area contributed by atoms with Crippen LogP contribution in [0.2, 0.25) is 0 Å². The molecule has 2 heterocycles. The van der Waals surface area contributed by atoms with Crippen molar-refractivity contribution in [3.63, 3.8) is 0 Å². The van der Waals surface area contributed by atoms with Crippen LogP contribution in [0.4, 0.5) is 5.69 Å². The van der Waals surface area contributed by atoms with Gasteiger partial charge in [-0.3, -0.25) is 9.79 Å². The lowest BCUT2D eigenvalue weighted by Gasteiger charge is -2.18. The average Bonchev–Trinajstić information content (AvgIpc) is 3.22. The van der Waals surface area contributed by atoms with Crippen LogP contribution in [0, 0.1) is 0 Å². The van der Waals surface area contributed by atoms with Gasteiger partial charge in [-0.15, -0.1) is 11.3 Å². The molecule has 0 unspecified atom stereocenters. The number of rotatable bonds is 5. The number of carbonyl (C=O) groups excluding carboxylic acids is 1. The number of carbonyl (C=O) groups is 1. The van der Waals surface area contributed by atoms with Crippen LogP contribution in [0.15, 0.2) is 64.0 Å². The van der Waals surface area contributed by atoms with Crippen LogP contribution in [-0.4, -0.2) is 29.4 Å². The number of hydrogen-bond donors (Lipinski definition) is 1. The number of ether oxygens (including phenoxy) is 1. The molecule has 0 radical (unpaired) electrons. The Kier molecular flexibility index (Phi) is 6.16. The lowest BCUT2D eigenvalue weighted by molar-refractivity contribution is -0.118. The third kappa shape index (κ3) is 4.67. The van der Waals surface area contributed by atoms with Crippen LogP contribution in [0.25, 0.3) is 11.3 Å². The molecule has 7 heteroatoms. The number of thiazole rings is 1. The van der Waals surface area contributed by atoms with Gasteiger partial charge in [-0.2, -0.15) is 5.10 Å². The lowest BCUT2D eigenvalue weighted by atomic mass is 9.99. The largest absolute Gasteiger partial charge is 0.482 e. The van der Waals surface area contributed by atoms with Crippen LogP contribution >= 0.6 is 11.3 Å². The van der Waals surface area contributed by atoms with Gasteiger partial charge in [0.05, 0.1) is 11.4 Å². The van der Waals surface area contributed by atoms with Crippen molar-refractivity contribution >= 4 is 28.6 Å². The SMILES string of the molecule is O=C1COc2ccc(-c3csc(=NCCc4ccccc4)n3N=C3CCCCC3)cc2N1. The minimum absolute atomic E-state index is 0.0584. The fourth-order valence-electron chi connectivity index (χ4n) is 4.07. The summed E-state index contributed by atoms with van der Waals surface area (Å²) in [7, 11) is 0. The maximum absolute atomic E-state index is 11.8. The van der Waals surface area contributed by atoms with Gasteiger partial charge in [0.2, 0.25) is 4.80 Å². The molecule has 2 aromatic carbocycles. The highest BCUT2D eigenvalue weighted by atomic mass is 32.1. The van der Waals surface area contributed by atoms with Gasteiger partial charge in [-0.05, 0) is 55.9 Å². The molecule has 1 fully saturated rings. The van der Waals surface area contributed by atoms with Gasteiger partial charge >= 0.3 is 0 Å².